The molecule has 1 heterocycles. The Morgan fingerprint density at radius 2 is 1.73 bits per heavy atom. The van der Waals surface area contributed by atoms with Crippen molar-refractivity contribution in [3.63, 3.8) is 0 Å². The van der Waals surface area contributed by atoms with Gasteiger partial charge in [-0.15, -0.1) is 0 Å². The van der Waals surface area contributed by atoms with Gasteiger partial charge in [0.15, 0.2) is 0 Å². The highest BCUT2D eigenvalue weighted by Gasteiger charge is 2.50. The third kappa shape index (κ3) is 2.93. The van der Waals surface area contributed by atoms with Gasteiger partial charge in [-0.2, -0.15) is 0 Å². The van der Waals surface area contributed by atoms with Crippen LogP contribution in [0.4, 0.5) is 0 Å². The van der Waals surface area contributed by atoms with E-state index < -0.39 is 5.60 Å². The van der Waals surface area contributed by atoms with E-state index in [9.17, 15) is 9.90 Å². The Morgan fingerprint density at radius 1 is 1.04 bits per heavy atom. The lowest BCUT2D eigenvalue weighted by atomic mass is 9.66. The smallest absolute Gasteiger partial charge is 0.255 e. The Balaban J connectivity index is 1.67. The summed E-state index contributed by atoms with van der Waals surface area (Å²) in [6.07, 6.45) is 4.65. The minimum atomic E-state index is -0.858. The normalized spacial score (nSPS) is 28.5. The second kappa shape index (κ2) is 7.05. The minimum Gasteiger partial charge on any atom is -0.385 e. The third-order valence-electron chi connectivity index (χ3n) is 6.12. The molecule has 136 valence electrons. The number of hydrogen-bond donors (Lipinski definition) is 1. The van der Waals surface area contributed by atoms with Gasteiger partial charge in [-0.05, 0) is 37.0 Å². The number of rotatable bonds is 2. The molecular formula is C22H24ClNO2. The van der Waals surface area contributed by atoms with Crippen LogP contribution in [0, 0.1) is 5.92 Å². The molecule has 4 heteroatoms. The molecule has 0 aromatic heterocycles. The second-order valence-electron chi connectivity index (χ2n) is 7.48. The monoisotopic (exact) mass is 369 g/mol. The largest absolute Gasteiger partial charge is 0.385 e. The Labute approximate surface area is 159 Å². The van der Waals surface area contributed by atoms with Gasteiger partial charge in [0.2, 0.25) is 0 Å². The van der Waals surface area contributed by atoms with E-state index in [0.29, 0.717) is 23.6 Å². The predicted molar refractivity (Wildman–Crippen MR) is 103 cm³/mol. The average Bonchev–Trinajstić information content (AvgIpc) is 2.69. The Morgan fingerprint density at radius 3 is 2.50 bits per heavy atom. The first kappa shape index (κ1) is 17.6. The predicted octanol–water partition coefficient (Wildman–Crippen LogP) is 4.63. The van der Waals surface area contributed by atoms with Crippen LogP contribution < -0.4 is 0 Å². The van der Waals surface area contributed by atoms with Crippen LogP contribution in [0.5, 0.6) is 0 Å². The number of amides is 1. The number of benzene rings is 2. The van der Waals surface area contributed by atoms with Crippen molar-refractivity contribution >= 4 is 17.5 Å². The average molecular weight is 370 g/mol. The Hall–Kier alpha value is -1.84. The summed E-state index contributed by atoms with van der Waals surface area (Å²) in [5.41, 5.74) is 0.675. The molecule has 3 atom stereocenters. The maximum absolute atomic E-state index is 13.2. The van der Waals surface area contributed by atoms with E-state index >= 15 is 0 Å². The van der Waals surface area contributed by atoms with E-state index in [1.165, 1.54) is 0 Å². The standard InChI is InChI=1S/C22H24ClNO2/c23-19-12-6-4-10-17(19)21(25)24-15-14-22(26,16-8-2-1-3-9-16)18-11-5-7-13-20(18)24/h1-4,6,8-10,12,18,20,26H,5,7,11,13-15H2. The van der Waals surface area contributed by atoms with Gasteiger partial charge in [-0.3, -0.25) is 4.79 Å². The molecule has 0 bridgehead atoms. The van der Waals surface area contributed by atoms with Crippen molar-refractivity contribution < 1.29 is 9.90 Å². The summed E-state index contributed by atoms with van der Waals surface area (Å²) >= 11 is 6.27. The molecule has 3 unspecified atom stereocenters. The van der Waals surface area contributed by atoms with Crippen LogP contribution in [-0.4, -0.2) is 28.5 Å². The molecule has 0 spiro atoms. The number of carbonyl (C=O) groups is 1. The van der Waals surface area contributed by atoms with Crippen LogP contribution in [0.15, 0.2) is 54.6 Å². The lowest BCUT2D eigenvalue weighted by molar-refractivity contribution is -0.110. The van der Waals surface area contributed by atoms with E-state index in [-0.39, 0.29) is 17.9 Å². The molecule has 0 radical (unpaired) electrons. The molecule has 2 aromatic rings. The van der Waals surface area contributed by atoms with E-state index in [1.54, 1.807) is 12.1 Å². The summed E-state index contributed by atoms with van der Waals surface area (Å²) in [7, 11) is 0. The van der Waals surface area contributed by atoms with Gasteiger partial charge >= 0.3 is 0 Å². The Bertz CT molecular complexity index is 794. The first-order valence-electron chi connectivity index (χ1n) is 9.44. The summed E-state index contributed by atoms with van der Waals surface area (Å²) in [5.74, 6) is 0.0569. The first-order valence-corrected chi connectivity index (χ1v) is 9.82. The van der Waals surface area contributed by atoms with E-state index in [0.717, 1.165) is 31.2 Å². The van der Waals surface area contributed by atoms with Gasteiger partial charge in [0.05, 0.1) is 16.2 Å². The molecular weight excluding hydrogens is 346 g/mol. The number of hydrogen-bond acceptors (Lipinski definition) is 2. The maximum Gasteiger partial charge on any atom is 0.255 e. The molecule has 2 aromatic carbocycles. The fourth-order valence-corrected chi connectivity index (χ4v) is 5.03. The molecule has 2 fully saturated rings. The fourth-order valence-electron chi connectivity index (χ4n) is 4.81. The molecule has 26 heavy (non-hydrogen) atoms. The molecule has 4 rings (SSSR count). The summed E-state index contributed by atoms with van der Waals surface area (Å²) < 4.78 is 0. The lowest BCUT2D eigenvalue weighted by Crippen LogP contribution is -2.59. The topological polar surface area (TPSA) is 40.5 Å². The van der Waals surface area contributed by atoms with Gasteiger partial charge in [-0.1, -0.05) is 66.9 Å². The molecule has 1 saturated heterocycles. The molecule has 1 amide bonds. The highest BCUT2D eigenvalue weighted by Crippen LogP contribution is 2.47. The maximum atomic E-state index is 13.2. The van der Waals surface area contributed by atoms with Crippen LogP contribution >= 0.6 is 11.6 Å². The van der Waals surface area contributed by atoms with Gasteiger partial charge in [0.1, 0.15) is 0 Å². The van der Waals surface area contributed by atoms with Gasteiger partial charge in [0, 0.05) is 18.5 Å². The highest BCUT2D eigenvalue weighted by molar-refractivity contribution is 6.33. The van der Waals surface area contributed by atoms with Crippen LogP contribution in [0.2, 0.25) is 5.02 Å². The van der Waals surface area contributed by atoms with E-state index in [2.05, 4.69) is 0 Å². The first-order chi connectivity index (χ1) is 12.6. The van der Waals surface area contributed by atoms with Gasteiger partial charge in [0.25, 0.3) is 5.91 Å². The van der Waals surface area contributed by atoms with Crippen molar-refractivity contribution in [1.29, 1.82) is 0 Å². The molecule has 2 aliphatic rings. The Kier molecular flexibility index (Phi) is 4.76. The van der Waals surface area contributed by atoms with Crippen molar-refractivity contribution in [2.45, 2.75) is 43.7 Å². The summed E-state index contributed by atoms with van der Waals surface area (Å²) in [6.45, 7) is 0.552. The molecule has 1 saturated carbocycles. The van der Waals surface area contributed by atoms with Crippen molar-refractivity contribution in [2.24, 2.45) is 5.92 Å². The van der Waals surface area contributed by atoms with Crippen LogP contribution in [-0.2, 0) is 5.60 Å². The molecule has 1 aliphatic carbocycles. The fraction of sp³-hybridized carbons (Fsp3) is 0.409. The second-order valence-corrected chi connectivity index (χ2v) is 7.88. The summed E-state index contributed by atoms with van der Waals surface area (Å²) in [4.78, 5) is 15.1. The number of nitrogens with zero attached hydrogens (tertiary/aromatic N) is 1. The molecule has 3 nitrogen and oxygen atoms in total. The quantitative estimate of drug-likeness (QED) is 0.838. The van der Waals surface area contributed by atoms with E-state index in [1.807, 2.05) is 47.4 Å². The summed E-state index contributed by atoms with van der Waals surface area (Å²) in [6, 6.07) is 17.3. The zero-order chi connectivity index (χ0) is 18.1. The SMILES string of the molecule is O=C(c1ccccc1Cl)N1CCC(O)(c2ccccc2)C2CCCCC21. The molecule has 1 N–H and O–H groups in total. The van der Waals surface area contributed by atoms with Crippen LogP contribution in [0.3, 0.4) is 0 Å². The zero-order valence-electron chi connectivity index (χ0n) is 14.8. The van der Waals surface area contributed by atoms with E-state index in [4.69, 9.17) is 11.6 Å². The minimum absolute atomic E-state index is 0.0115. The van der Waals surface area contributed by atoms with Crippen molar-refractivity contribution in [3.05, 3.63) is 70.7 Å². The third-order valence-corrected chi connectivity index (χ3v) is 6.45. The number of fused-ring (bicyclic) bond motifs is 1. The molecule has 1 aliphatic heterocycles. The van der Waals surface area contributed by atoms with Crippen molar-refractivity contribution in [2.75, 3.05) is 6.54 Å². The van der Waals surface area contributed by atoms with Crippen LogP contribution in [0.25, 0.3) is 0 Å². The summed E-state index contributed by atoms with van der Waals surface area (Å²) in [5, 5.41) is 12.1. The lowest BCUT2D eigenvalue weighted by Gasteiger charge is -2.52. The number of halogens is 1. The number of likely N-dealkylation sites (tertiary alicyclic amines) is 1. The highest BCUT2D eigenvalue weighted by atomic mass is 35.5. The van der Waals surface area contributed by atoms with Crippen LogP contribution in [0.1, 0.15) is 48.0 Å². The number of aliphatic hydroxyl groups is 1. The number of piperidine rings is 1. The zero-order valence-corrected chi connectivity index (χ0v) is 15.5. The van der Waals surface area contributed by atoms with Gasteiger partial charge < -0.3 is 10.0 Å². The van der Waals surface area contributed by atoms with Gasteiger partial charge in [-0.25, -0.2) is 0 Å². The number of carbonyl (C=O) groups excluding carboxylic acids is 1. The van der Waals surface area contributed by atoms with Crippen molar-refractivity contribution in [3.8, 4) is 0 Å². The van der Waals surface area contributed by atoms with Crippen molar-refractivity contribution in [1.82, 2.24) is 4.90 Å².